The van der Waals surface area contributed by atoms with Crippen LogP contribution in [-0.4, -0.2) is 44.8 Å². The van der Waals surface area contributed by atoms with Crippen molar-refractivity contribution in [2.45, 2.75) is 26.3 Å². The Kier molecular flexibility index (Phi) is 3.04. The van der Waals surface area contributed by atoms with Crippen molar-refractivity contribution < 1.29 is 4.79 Å². The summed E-state index contributed by atoms with van der Waals surface area (Å²) in [4.78, 5) is 22.1. The van der Waals surface area contributed by atoms with E-state index in [0.717, 1.165) is 42.1 Å². The number of fused-ring (bicyclic) bond motifs is 1. The maximum atomic E-state index is 11.1. The molecule has 1 unspecified atom stereocenters. The lowest BCUT2D eigenvalue weighted by atomic mass is 10.2. The van der Waals surface area contributed by atoms with Crippen LogP contribution in [0.3, 0.4) is 0 Å². The van der Waals surface area contributed by atoms with E-state index in [4.69, 9.17) is 0 Å². The molecule has 1 atom stereocenters. The van der Waals surface area contributed by atoms with E-state index < -0.39 is 0 Å². The van der Waals surface area contributed by atoms with E-state index in [9.17, 15) is 4.79 Å². The number of aryl methyl sites for hydroxylation is 2. The predicted molar refractivity (Wildman–Crippen MR) is 75.5 cm³/mol. The molecule has 2 aromatic rings. The van der Waals surface area contributed by atoms with Crippen molar-refractivity contribution in [1.82, 2.24) is 25.1 Å². The third-order valence-electron chi connectivity index (χ3n) is 3.67. The number of nitrogens with zero attached hydrogens (tertiary/aromatic N) is 5. The fourth-order valence-corrected chi connectivity index (χ4v) is 2.86. The molecule has 20 heavy (non-hydrogen) atoms. The maximum absolute atomic E-state index is 11.1. The summed E-state index contributed by atoms with van der Waals surface area (Å²) in [6.07, 6.45) is 2.51. The van der Waals surface area contributed by atoms with Crippen molar-refractivity contribution in [2.75, 3.05) is 18.0 Å². The van der Waals surface area contributed by atoms with E-state index >= 15 is 0 Å². The summed E-state index contributed by atoms with van der Waals surface area (Å²) in [5, 5.41) is 8.37. The van der Waals surface area contributed by atoms with Crippen LogP contribution in [-0.2, 0) is 11.8 Å². The molecule has 1 fully saturated rings. The number of aromatic nitrogens is 4. The Bertz CT molecular complexity index is 664. The third kappa shape index (κ3) is 2.09. The van der Waals surface area contributed by atoms with E-state index in [0.29, 0.717) is 0 Å². The number of carbonyl (C=O) groups is 1. The topological polar surface area (TPSA) is 75.9 Å². The Hall–Kier alpha value is -2.18. The Morgan fingerprint density at radius 1 is 1.45 bits per heavy atom. The number of nitrogens with one attached hydrogen (secondary N) is 1. The summed E-state index contributed by atoms with van der Waals surface area (Å²) in [6, 6.07) is 0.189. The molecule has 0 saturated carbocycles. The van der Waals surface area contributed by atoms with E-state index in [-0.39, 0.29) is 11.9 Å². The van der Waals surface area contributed by atoms with Gasteiger partial charge < -0.3 is 10.2 Å². The van der Waals surface area contributed by atoms with Crippen LogP contribution in [0.1, 0.15) is 19.0 Å². The van der Waals surface area contributed by atoms with Crippen LogP contribution < -0.4 is 10.2 Å². The molecule has 7 nitrogen and oxygen atoms in total. The number of hydrogen-bond acceptors (Lipinski definition) is 5. The lowest BCUT2D eigenvalue weighted by molar-refractivity contribution is -0.119. The van der Waals surface area contributed by atoms with Crippen LogP contribution in [0.15, 0.2) is 6.33 Å². The van der Waals surface area contributed by atoms with Gasteiger partial charge in [-0.1, -0.05) is 0 Å². The second-order valence-corrected chi connectivity index (χ2v) is 5.24. The van der Waals surface area contributed by atoms with Crippen LogP contribution in [0, 0.1) is 6.92 Å². The van der Waals surface area contributed by atoms with E-state index in [2.05, 4.69) is 25.3 Å². The minimum Gasteiger partial charge on any atom is -0.354 e. The van der Waals surface area contributed by atoms with Gasteiger partial charge in [-0.05, 0) is 13.3 Å². The van der Waals surface area contributed by atoms with Crippen molar-refractivity contribution in [2.24, 2.45) is 7.05 Å². The fraction of sp³-hybridized carbons (Fsp3) is 0.538. The Morgan fingerprint density at radius 3 is 3.00 bits per heavy atom. The molecule has 2 aromatic heterocycles. The van der Waals surface area contributed by atoms with Gasteiger partial charge in [-0.2, -0.15) is 5.10 Å². The lowest BCUT2D eigenvalue weighted by Gasteiger charge is -2.18. The van der Waals surface area contributed by atoms with Gasteiger partial charge in [0.2, 0.25) is 5.91 Å². The lowest BCUT2D eigenvalue weighted by Crippen LogP contribution is -2.35. The summed E-state index contributed by atoms with van der Waals surface area (Å²) >= 11 is 0. The summed E-state index contributed by atoms with van der Waals surface area (Å²) in [6.45, 7) is 5.18. The van der Waals surface area contributed by atoms with Gasteiger partial charge in [0.25, 0.3) is 0 Å². The van der Waals surface area contributed by atoms with Gasteiger partial charge in [-0.3, -0.25) is 9.48 Å². The van der Waals surface area contributed by atoms with Crippen LogP contribution >= 0.6 is 0 Å². The van der Waals surface area contributed by atoms with Crippen molar-refractivity contribution >= 4 is 22.8 Å². The molecule has 1 amide bonds. The Labute approximate surface area is 117 Å². The van der Waals surface area contributed by atoms with Crippen molar-refractivity contribution in [3.8, 4) is 0 Å². The molecule has 1 saturated heterocycles. The molecule has 0 bridgehead atoms. The van der Waals surface area contributed by atoms with Gasteiger partial charge in [-0.15, -0.1) is 0 Å². The highest BCUT2D eigenvalue weighted by Gasteiger charge is 2.26. The largest absolute Gasteiger partial charge is 0.354 e. The van der Waals surface area contributed by atoms with Crippen molar-refractivity contribution in [1.29, 1.82) is 0 Å². The maximum Gasteiger partial charge on any atom is 0.217 e. The van der Waals surface area contributed by atoms with Crippen LogP contribution in [0.2, 0.25) is 0 Å². The number of carbonyl (C=O) groups excluding carboxylic acids is 1. The minimum absolute atomic E-state index is 0.0160. The quantitative estimate of drug-likeness (QED) is 0.857. The van der Waals surface area contributed by atoms with Gasteiger partial charge in [0.15, 0.2) is 5.65 Å². The fourth-order valence-electron chi connectivity index (χ4n) is 2.86. The molecule has 7 heteroatoms. The first-order valence-electron chi connectivity index (χ1n) is 6.72. The zero-order valence-corrected chi connectivity index (χ0v) is 11.9. The standard InChI is InChI=1S/C13H18N6O/c1-8-11-12(18(3)17-8)14-7-15-13(11)19-5-4-10(6-19)16-9(2)20/h7,10H,4-6H2,1-3H3,(H,16,20). The molecular formula is C13H18N6O. The SMILES string of the molecule is CC(=O)NC1CCN(c2ncnc3c2c(C)nn3C)C1. The Balaban J connectivity index is 1.94. The molecule has 3 heterocycles. The third-order valence-corrected chi connectivity index (χ3v) is 3.67. The molecule has 1 aliphatic heterocycles. The summed E-state index contributed by atoms with van der Waals surface area (Å²) in [5.74, 6) is 0.927. The first-order valence-corrected chi connectivity index (χ1v) is 6.72. The zero-order chi connectivity index (χ0) is 14.3. The first kappa shape index (κ1) is 12.8. The Morgan fingerprint density at radius 2 is 2.25 bits per heavy atom. The molecule has 1 N–H and O–H groups in total. The van der Waals surface area contributed by atoms with Crippen molar-refractivity contribution in [3.05, 3.63) is 12.0 Å². The van der Waals surface area contributed by atoms with E-state index in [1.807, 2.05) is 14.0 Å². The van der Waals surface area contributed by atoms with Crippen LogP contribution in [0.5, 0.6) is 0 Å². The van der Waals surface area contributed by atoms with Gasteiger partial charge in [0.05, 0.1) is 11.1 Å². The molecule has 1 aliphatic rings. The van der Waals surface area contributed by atoms with Crippen LogP contribution in [0.4, 0.5) is 5.82 Å². The number of anilines is 1. The highest BCUT2D eigenvalue weighted by atomic mass is 16.1. The van der Waals surface area contributed by atoms with Crippen molar-refractivity contribution in [3.63, 3.8) is 0 Å². The number of hydrogen-bond donors (Lipinski definition) is 1. The number of rotatable bonds is 2. The number of amides is 1. The van der Waals surface area contributed by atoms with Gasteiger partial charge in [0.1, 0.15) is 12.1 Å². The summed E-state index contributed by atoms with van der Waals surface area (Å²) in [7, 11) is 1.89. The van der Waals surface area contributed by atoms with Crippen LogP contribution in [0.25, 0.3) is 11.0 Å². The predicted octanol–water partition coefficient (Wildman–Crippen LogP) is 0.387. The molecule has 106 valence electrons. The average Bonchev–Trinajstić information content (AvgIpc) is 2.95. The summed E-state index contributed by atoms with van der Waals surface area (Å²) in [5.41, 5.74) is 1.77. The van der Waals surface area contributed by atoms with E-state index in [1.165, 1.54) is 0 Å². The second kappa shape index (κ2) is 4.73. The molecule has 0 aliphatic carbocycles. The highest BCUT2D eigenvalue weighted by molar-refractivity contribution is 5.89. The first-order chi connectivity index (χ1) is 9.56. The zero-order valence-electron chi connectivity index (χ0n) is 11.9. The normalized spacial score (nSPS) is 18.8. The average molecular weight is 274 g/mol. The molecule has 0 radical (unpaired) electrons. The molecular weight excluding hydrogens is 256 g/mol. The summed E-state index contributed by atoms with van der Waals surface area (Å²) < 4.78 is 1.78. The molecule has 0 aromatic carbocycles. The highest BCUT2D eigenvalue weighted by Crippen LogP contribution is 2.28. The van der Waals surface area contributed by atoms with E-state index in [1.54, 1.807) is 17.9 Å². The molecule has 3 rings (SSSR count). The van der Waals surface area contributed by atoms with Gasteiger partial charge in [-0.25, -0.2) is 9.97 Å². The monoisotopic (exact) mass is 274 g/mol. The smallest absolute Gasteiger partial charge is 0.217 e. The van der Waals surface area contributed by atoms with Gasteiger partial charge >= 0.3 is 0 Å². The molecule has 0 spiro atoms. The second-order valence-electron chi connectivity index (χ2n) is 5.24. The minimum atomic E-state index is 0.0160. The van der Waals surface area contributed by atoms with Gasteiger partial charge in [0, 0.05) is 33.1 Å².